The molecule has 1 fully saturated rings. The minimum atomic E-state index is -0.358. The zero-order valence-electron chi connectivity index (χ0n) is 14.9. The number of carbonyl (C=O) groups is 1. The minimum Gasteiger partial charge on any atom is -0.350 e. The third-order valence-electron chi connectivity index (χ3n) is 4.78. The number of aryl methyl sites for hydroxylation is 1. The summed E-state index contributed by atoms with van der Waals surface area (Å²) >= 11 is 0. The first kappa shape index (κ1) is 17.8. The topological polar surface area (TPSA) is 73.1 Å². The quantitative estimate of drug-likeness (QED) is 0.844. The van der Waals surface area contributed by atoms with Crippen LogP contribution in [-0.4, -0.2) is 47.2 Å². The van der Waals surface area contributed by atoms with Crippen molar-refractivity contribution in [1.29, 1.82) is 5.26 Å². The van der Waals surface area contributed by atoms with Gasteiger partial charge in [0.05, 0.1) is 12.1 Å². The van der Waals surface area contributed by atoms with Gasteiger partial charge in [0.25, 0.3) is 0 Å². The number of nitrogens with zero attached hydrogens (tertiary/aromatic N) is 5. The van der Waals surface area contributed by atoms with Crippen molar-refractivity contribution < 1.29 is 9.18 Å². The smallest absolute Gasteiger partial charge is 0.227 e. The van der Waals surface area contributed by atoms with Gasteiger partial charge in [-0.1, -0.05) is 18.2 Å². The maximum atomic E-state index is 13.7. The van der Waals surface area contributed by atoms with Crippen molar-refractivity contribution in [2.24, 2.45) is 0 Å². The van der Waals surface area contributed by atoms with Gasteiger partial charge in [0, 0.05) is 26.2 Å². The van der Waals surface area contributed by atoms with Gasteiger partial charge < -0.3 is 9.80 Å². The van der Waals surface area contributed by atoms with E-state index in [1.807, 2.05) is 18.7 Å². The fourth-order valence-electron chi connectivity index (χ4n) is 3.04. The number of aromatic nitrogens is 2. The van der Waals surface area contributed by atoms with Crippen LogP contribution in [0.25, 0.3) is 0 Å². The minimum absolute atomic E-state index is 0.0551. The molecule has 7 heteroatoms. The monoisotopic (exact) mass is 353 g/mol. The summed E-state index contributed by atoms with van der Waals surface area (Å²) in [6.45, 7) is 5.83. The highest BCUT2D eigenvalue weighted by Gasteiger charge is 2.25. The van der Waals surface area contributed by atoms with Crippen molar-refractivity contribution >= 4 is 11.7 Å². The summed E-state index contributed by atoms with van der Waals surface area (Å²) in [4.78, 5) is 16.1. The zero-order chi connectivity index (χ0) is 18.7. The van der Waals surface area contributed by atoms with Gasteiger partial charge in [-0.25, -0.2) is 4.39 Å². The third-order valence-corrected chi connectivity index (χ3v) is 4.78. The van der Waals surface area contributed by atoms with E-state index >= 15 is 0 Å². The average molecular weight is 353 g/mol. The van der Waals surface area contributed by atoms with Crippen LogP contribution in [-0.2, 0) is 11.2 Å². The molecule has 1 amide bonds. The highest BCUT2D eigenvalue weighted by molar-refractivity contribution is 5.79. The molecule has 0 N–H and O–H groups in total. The highest BCUT2D eigenvalue weighted by Crippen LogP contribution is 2.22. The molecule has 6 nitrogen and oxygen atoms in total. The Morgan fingerprint density at radius 2 is 1.88 bits per heavy atom. The summed E-state index contributed by atoms with van der Waals surface area (Å²) in [7, 11) is 0. The Bertz CT molecular complexity index is 869. The largest absolute Gasteiger partial charge is 0.350 e. The molecule has 3 rings (SSSR count). The molecule has 0 unspecified atom stereocenters. The lowest BCUT2D eigenvalue weighted by Crippen LogP contribution is -2.49. The maximum absolute atomic E-state index is 13.7. The molecule has 1 aromatic carbocycles. The van der Waals surface area contributed by atoms with Gasteiger partial charge in [0.1, 0.15) is 17.4 Å². The van der Waals surface area contributed by atoms with Crippen molar-refractivity contribution in [1.82, 2.24) is 15.1 Å². The van der Waals surface area contributed by atoms with E-state index in [1.165, 1.54) is 6.07 Å². The van der Waals surface area contributed by atoms with E-state index in [2.05, 4.69) is 16.3 Å². The van der Waals surface area contributed by atoms with Crippen LogP contribution < -0.4 is 4.90 Å². The molecule has 134 valence electrons. The van der Waals surface area contributed by atoms with Crippen molar-refractivity contribution in [3.05, 3.63) is 52.5 Å². The van der Waals surface area contributed by atoms with Crippen LogP contribution in [0.3, 0.4) is 0 Å². The normalized spacial score (nSPS) is 14.2. The Balaban J connectivity index is 1.67. The van der Waals surface area contributed by atoms with Crippen LogP contribution in [0.5, 0.6) is 0 Å². The first-order chi connectivity index (χ1) is 12.5. The van der Waals surface area contributed by atoms with Crippen molar-refractivity contribution in [3.8, 4) is 6.07 Å². The lowest BCUT2D eigenvalue weighted by atomic mass is 10.1. The molecule has 0 saturated carbocycles. The van der Waals surface area contributed by atoms with Gasteiger partial charge in [-0.2, -0.15) is 10.4 Å². The van der Waals surface area contributed by atoms with E-state index in [0.717, 1.165) is 11.3 Å². The molecule has 2 aromatic rings. The molecule has 1 saturated heterocycles. The molecule has 1 aromatic heterocycles. The second-order valence-electron chi connectivity index (χ2n) is 6.36. The van der Waals surface area contributed by atoms with Crippen LogP contribution in [0, 0.1) is 31.0 Å². The van der Waals surface area contributed by atoms with E-state index in [0.29, 0.717) is 43.1 Å². The first-order valence-electron chi connectivity index (χ1n) is 8.51. The van der Waals surface area contributed by atoms with Gasteiger partial charge in [-0.15, -0.1) is 5.10 Å². The van der Waals surface area contributed by atoms with E-state index in [1.54, 1.807) is 23.1 Å². The molecular formula is C19H20FN5O. The summed E-state index contributed by atoms with van der Waals surface area (Å²) in [5.74, 6) is 0.113. The predicted octanol–water partition coefficient (Wildman–Crippen LogP) is 2.00. The molecule has 1 aliphatic heterocycles. The van der Waals surface area contributed by atoms with Crippen molar-refractivity contribution in [3.63, 3.8) is 0 Å². The Morgan fingerprint density at radius 1 is 1.19 bits per heavy atom. The third kappa shape index (κ3) is 3.49. The molecule has 0 aliphatic carbocycles. The Labute approximate surface area is 151 Å². The number of carbonyl (C=O) groups excluding carboxylic acids is 1. The van der Waals surface area contributed by atoms with E-state index in [-0.39, 0.29) is 18.1 Å². The molecule has 0 atom stereocenters. The van der Waals surface area contributed by atoms with Gasteiger partial charge in [-0.05, 0) is 31.0 Å². The number of rotatable bonds is 3. The van der Waals surface area contributed by atoms with E-state index < -0.39 is 0 Å². The fourth-order valence-corrected chi connectivity index (χ4v) is 3.04. The summed E-state index contributed by atoms with van der Waals surface area (Å²) < 4.78 is 13.7. The molecule has 26 heavy (non-hydrogen) atoms. The number of halogens is 1. The van der Waals surface area contributed by atoms with Gasteiger partial charge in [-0.3, -0.25) is 4.79 Å². The molecule has 0 radical (unpaired) electrons. The lowest BCUT2D eigenvalue weighted by Gasteiger charge is -2.35. The second-order valence-corrected chi connectivity index (χ2v) is 6.36. The molecule has 2 heterocycles. The van der Waals surface area contributed by atoms with Crippen LogP contribution in [0.2, 0.25) is 0 Å². The van der Waals surface area contributed by atoms with Gasteiger partial charge in [0.2, 0.25) is 5.91 Å². The van der Waals surface area contributed by atoms with Crippen LogP contribution in [0.1, 0.15) is 22.4 Å². The fraction of sp³-hybridized carbons (Fsp3) is 0.368. The maximum Gasteiger partial charge on any atom is 0.227 e. The summed E-state index contributed by atoms with van der Waals surface area (Å²) in [5, 5.41) is 17.7. The van der Waals surface area contributed by atoms with Gasteiger partial charge >= 0.3 is 0 Å². The van der Waals surface area contributed by atoms with Crippen molar-refractivity contribution in [2.75, 3.05) is 31.1 Å². The Morgan fingerprint density at radius 3 is 2.54 bits per heavy atom. The summed E-state index contributed by atoms with van der Waals surface area (Å²) in [5.41, 5.74) is 2.51. The molecule has 0 bridgehead atoms. The zero-order valence-corrected chi connectivity index (χ0v) is 14.9. The lowest BCUT2D eigenvalue weighted by molar-refractivity contribution is -0.130. The number of anilines is 1. The molecular weight excluding hydrogens is 333 g/mol. The average Bonchev–Trinajstić information content (AvgIpc) is 2.66. The van der Waals surface area contributed by atoms with Crippen LogP contribution in [0.15, 0.2) is 24.3 Å². The van der Waals surface area contributed by atoms with Crippen LogP contribution in [0.4, 0.5) is 10.2 Å². The summed E-state index contributed by atoms with van der Waals surface area (Å²) in [6, 6.07) is 8.54. The number of amides is 1. The standard InChI is InChI=1S/C19H20FN5O/c1-13-14(2)22-23-19(16(13)12-21)25-9-7-24(8-10-25)18(26)11-15-5-3-4-6-17(15)20/h3-6H,7-11H2,1-2H3. The number of hydrogen-bond acceptors (Lipinski definition) is 5. The first-order valence-corrected chi connectivity index (χ1v) is 8.51. The SMILES string of the molecule is Cc1nnc(N2CCN(C(=O)Cc3ccccc3F)CC2)c(C#N)c1C. The van der Waals surface area contributed by atoms with Crippen LogP contribution >= 0.6 is 0 Å². The Kier molecular flexibility index (Phi) is 5.12. The number of nitriles is 1. The molecule has 0 spiro atoms. The predicted molar refractivity (Wildman–Crippen MR) is 95.1 cm³/mol. The number of benzene rings is 1. The van der Waals surface area contributed by atoms with Gasteiger partial charge in [0.15, 0.2) is 5.82 Å². The number of hydrogen-bond donors (Lipinski definition) is 0. The summed E-state index contributed by atoms with van der Waals surface area (Å²) in [6.07, 6.45) is 0.0551. The van der Waals surface area contributed by atoms with E-state index in [9.17, 15) is 14.4 Å². The Hall–Kier alpha value is -3.01. The van der Waals surface area contributed by atoms with Crippen molar-refractivity contribution in [2.45, 2.75) is 20.3 Å². The highest BCUT2D eigenvalue weighted by atomic mass is 19.1. The van der Waals surface area contributed by atoms with E-state index in [4.69, 9.17) is 0 Å². The second kappa shape index (κ2) is 7.48. The molecule has 1 aliphatic rings. The number of piperazine rings is 1.